The molecule has 3 aromatic rings. The van der Waals surface area contributed by atoms with Crippen molar-refractivity contribution < 1.29 is 22.3 Å². The summed E-state index contributed by atoms with van der Waals surface area (Å²) in [5, 5.41) is 5.59. The molecule has 4 rings (SSSR count). The van der Waals surface area contributed by atoms with E-state index in [1.54, 1.807) is 19.2 Å². The number of urea groups is 1. The highest BCUT2D eigenvalue weighted by Gasteiger charge is 2.29. The van der Waals surface area contributed by atoms with Crippen LogP contribution in [0.4, 0.5) is 20.6 Å². The van der Waals surface area contributed by atoms with Gasteiger partial charge in [-0.25, -0.2) is 17.6 Å². The Kier molecular flexibility index (Phi) is 7.02. The van der Waals surface area contributed by atoms with Crippen molar-refractivity contribution >= 4 is 27.4 Å². The van der Waals surface area contributed by atoms with E-state index in [-0.39, 0.29) is 10.9 Å². The highest BCUT2D eigenvalue weighted by Crippen LogP contribution is 2.34. The Morgan fingerprint density at radius 3 is 2.50 bits per heavy atom. The predicted octanol–water partition coefficient (Wildman–Crippen LogP) is 4.34. The smallest absolute Gasteiger partial charge is 0.319 e. The van der Waals surface area contributed by atoms with Gasteiger partial charge in [-0.3, -0.25) is 4.31 Å². The molecule has 0 radical (unpaired) electrons. The fraction of sp³-hybridized carbons (Fsp3) is 0.240. The third-order valence-electron chi connectivity index (χ3n) is 5.68. The maximum absolute atomic E-state index is 13.3. The zero-order valence-electron chi connectivity index (χ0n) is 18.8. The van der Waals surface area contributed by atoms with Gasteiger partial charge in [0.15, 0.2) is 0 Å². The zero-order chi connectivity index (χ0) is 24.1. The molecule has 3 aromatic carbocycles. The molecule has 0 aliphatic carbocycles. The molecule has 178 valence electrons. The third kappa shape index (κ3) is 5.31. The fourth-order valence-electron chi connectivity index (χ4n) is 3.89. The van der Waals surface area contributed by atoms with Crippen molar-refractivity contribution in [2.45, 2.75) is 24.2 Å². The van der Waals surface area contributed by atoms with E-state index in [1.165, 1.54) is 16.4 Å². The highest BCUT2D eigenvalue weighted by molar-refractivity contribution is 7.92. The lowest BCUT2D eigenvalue weighted by atomic mass is 10.0. The molecule has 2 amide bonds. The number of rotatable bonds is 7. The van der Waals surface area contributed by atoms with Crippen LogP contribution in [0.5, 0.6) is 5.75 Å². The molecule has 0 fully saturated rings. The van der Waals surface area contributed by atoms with E-state index in [0.29, 0.717) is 37.3 Å². The number of aryl methyl sites for hydroxylation is 1. The van der Waals surface area contributed by atoms with Crippen LogP contribution in [0.15, 0.2) is 71.6 Å². The number of nitrogens with zero attached hydrogens (tertiary/aromatic N) is 1. The summed E-state index contributed by atoms with van der Waals surface area (Å²) >= 11 is 0. The minimum Gasteiger partial charge on any atom is -0.497 e. The monoisotopic (exact) mass is 483 g/mol. The van der Waals surface area contributed by atoms with E-state index < -0.39 is 15.8 Å². The van der Waals surface area contributed by atoms with Gasteiger partial charge in [-0.1, -0.05) is 18.2 Å². The van der Waals surface area contributed by atoms with Gasteiger partial charge in [-0.2, -0.15) is 0 Å². The zero-order valence-corrected chi connectivity index (χ0v) is 19.6. The van der Waals surface area contributed by atoms with Crippen LogP contribution in [0.2, 0.25) is 0 Å². The van der Waals surface area contributed by atoms with E-state index in [2.05, 4.69) is 10.6 Å². The number of carbonyl (C=O) groups excluding carboxylic acids is 1. The third-order valence-corrected chi connectivity index (χ3v) is 7.51. The summed E-state index contributed by atoms with van der Waals surface area (Å²) in [7, 11) is -2.25. The molecule has 0 saturated carbocycles. The number of hydrogen-bond donors (Lipinski definition) is 2. The van der Waals surface area contributed by atoms with Crippen molar-refractivity contribution in [2.24, 2.45) is 0 Å². The minimum atomic E-state index is -3.86. The Balaban J connectivity index is 1.43. The van der Waals surface area contributed by atoms with Gasteiger partial charge in [0.1, 0.15) is 11.6 Å². The molecular weight excluding hydrogens is 457 g/mol. The normalized spacial score (nSPS) is 13.2. The summed E-state index contributed by atoms with van der Waals surface area (Å²) < 4.78 is 46.2. The maximum Gasteiger partial charge on any atom is 0.319 e. The van der Waals surface area contributed by atoms with Gasteiger partial charge < -0.3 is 15.4 Å². The Labute approximate surface area is 198 Å². The van der Waals surface area contributed by atoms with Gasteiger partial charge >= 0.3 is 6.03 Å². The molecule has 0 saturated heterocycles. The largest absolute Gasteiger partial charge is 0.497 e. The van der Waals surface area contributed by atoms with Crippen molar-refractivity contribution in [1.29, 1.82) is 0 Å². The lowest BCUT2D eigenvalue weighted by molar-refractivity contribution is 0.252. The average Bonchev–Trinajstić information content (AvgIpc) is 2.84. The van der Waals surface area contributed by atoms with Crippen LogP contribution < -0.4 is 19.7 Å². The first-order chi connectivity index (χ1) is 16.4. The lowest BCUT2D eigenvalue weighted by Gasteiger charge is -2.31. The van der Waals surface area contributed by atoms with E-state index in [1.807, 2.05) is 30.3 Å². The summed E-state index contributed by atoms with van der Waals surface area (Å²) in [6.07, 6.45) is 2.07. The van der Waals surface area contributed by atoms with Gasteiger partial charge in [-0.15, -0.1) is 0 Å². The molecule has 34 heavy (non-hydrogen) atoms. The second-order valence-corrected chi connectivity index (χ2v) is 9.82. The van der Waals surface area contributed by atoms with E-state index in [0.717, 1.165) is 35.4 Å². The molecule has 2 N–H and O–H groups in total. The first-order valence-corrected chi connectivity index (χ1v) is 12.4. The van der Waals surface area contributed by atoms with Crippen LogP contribution in [-0.4, -0.2) is 34.6 Å². The minimum absolute atomic E-state index is 0.0244. The second kappa shape index (κ2) is 10.1. The van der Waals surface area contributed by atoms with Crippen molar-refractivity contribution in [3.05, 3.63) is 83.7 Å². The quantitative estimate of drug-likeness (QED) is 0.523. The first-order valence-electron chi connectivity index (χ1n) is 11.0. The molecule has 9 heteroatoms. The van der Waals surface area contributed by atoms with Crippen molar-refractivity contribution in [1.82, 2.24) is 5.32 Å². The molecule has 0 bridgehead atoms. The number of benzene rings is 3. The van der Waals surface area contributed by atoms with Gasteiger partial charge in [0, 0.05) is 18.8 Å². The standard InChI is InChI=1S/C25H26FN3O4S/c1-33-22-10-4-18(5-11-22)14-15-27-25(30)28-21-9-6-19-3-2-16-29(24(19)17-21)34(31,32)23-12-7-20(26)8-13-23/h4-13,17H,2-3,14-16H2,1H3,(H2,27,28,30). The molecule has 1 aliphatic heterocycles. The Morgan fingerprint density at radius 2 is 1.79 bits per heavy atom. The summed E-state index contributed by atoms with van der Waals surface area (Å²) in [5.74, 6) is 0.278. The number of anilines is 2. The van der Waals surface area contributed by atoms with Crippen molar-refractivity contribution in [3.63, 3.8) is 0 Å². The van der Waals surface area contributed by atoms with Crippen molar-refractivity contribution in [2.75, 3.05) is 29.8 Å². The van der Waals surface area contributed by atoms with E-state index >= 15 is 0 Å². The first kappa shape index (κ1) is 23.6. The van der Waals surface area contributed by atoms with Gasteiger partial charge in [0.2, 0.25) is 0 Å². The van der Waals surface area contributed by atoms with Gasteiger partial charge in [0.25, 0.3) is 10.0 Å². The lowest BCUT2D eigenvalue weighted by Crippen LogP contribution is -2.35. The van der Waals surface area contributed by atoms with E-state index in [4.69, 9.17) is 4.74 Å². The van der Waals surface area contributed by atoms with E-state index in [9.17, 15) is 17.6 Å². The van der Waals surface area contributed by atoms with Gasteiger partial charge in [-0.05, 0) is 78.9 Å². The topological polar surface area (TPSA) is 87.7 Å². The number of nitrogens with one attached hydrogen (secondary N) is 2. The summed E-state index contributed by atoms with van der Waals surface area (Å²) in [6.45, 7) is 0.748. The number of sulfonamides is 1. The summed E-state index contributed by atoms with van der Waals surface area (Å²) in [6, 6.07) is 17.3. The Morgan fingerprint density at radius 1 is 1.06 bits per heavy atom. The molecule has 0 aromatic heterocycles. The highest BCUT2D eigenvalue weighted by atomic mass is 32.2. The van der Waals surface area contributed by atoms with Gasteiger partial charge in [0.05, 0.1) is 17.7 Å². The van der Waals surface area contributed by atoms with Crippen LogP contribution in [0.3, 0.4) is 0 Å². The fourth-order valence-corrected chi connectivity index (χ4v) is 5.42. The molecule has 0 unspecified atom stereocenters. The number of carbonyl (C=O) groups is 1. The van der Waals surface area contributed by atoms with Crippen LogP contribution in [-0.2, 0) is 22.9 Å². The number of ether oxygens (including phenoxy) is 1. The van der Waals surface area contributed by atoms with Crippen LogP contribution in [0.25, 0.3) is 0 Å². The van der Waals surface area contributed by atoms with Crippen LogP contribution in [0.1, 0.15) is 17.5 Å². The number of hydrogen-bond acceptors (Lipinski definition) is 4. The molecular formula is C25H26FN3O4S. The van der Waals surface area contributed by atoms with Crippen LogP contribution >= 0.6 is 0 Å². The maximum atomic E-state index is 13.3. The molecule has 0 atom stereocenters. The SMILES string of the molecule is COc1ccc(CCNC(=O)Nc2ccc3c(c2)N(S(=O)(=O)c2ccc(F)cc2)CCC3)cc1. The molecule has 1 aliphatic rings. The predicted molar refractivity (Wildman–Crippen MR) is 129 cm³/mol. The Bertz CT molecular complexity index is 1260. The summed E-state index contributed by atoms with van der Waals surface area (Å²) in [5.41, 5.74) is 2.95. The number of halogens is 1. The molecule has 0 spiro atoms. The Hall–Kier alpha value is -3.59. The molecule has 7 nitrogen and oxygen atoms in total. The second-order valence-electron chi connectivity index (χ2n) is 7.96. The number of methoxy groups -OCH3 is 1. The number of fused-ring (bicyclic) bond motifs is 1. The number of amides is 2. The average molecular weight is 484 g/mol. The van der Waals surface area contributed by atoms with Crippen LogP contribution in [0, 0.1) is 5.82 Å². The summed E-state index contributed by atoms with van der Waals surface area (Å²) in [4.78, 5) is 12.4. The van der Waals surface area contributed by atoms with Crippen molar-refractivity contribution in [3.8, 4) is 5.75 Å². The molecule has 1 heterocycles.